The van der Waals surface area contributed by atoms with Gasteiger partial charge in [0.2, 0.25) is 0 Å². The summed E-state index contributed by atoms with van der Waals surface area (Å²) in [5, 5.41) is 14.2. The number of amides is 1. The summed E-state index contributed by atoms with van der Waals surface area (Å²) in [6, 6.07) is 10.9. The zero-order chi connectivity index (χ0) is 20.1. The van der Waals surface area contributed by atoms with E-state index >= 15 is 0 Å². The van der Waals surface area contributed by atoms with Crippen LogP contribution in [0.25, 0.3) is 0 Å². The van der Waals surface area contributed by atoms with Crippen LogP contribution in [0.1, 0.15) is 40.0 Å². The zero-order valence-electron chi connectivity index (χ0n) is 15.5. The van der Waals surface area contributed by atoms with Crippen LogP contribution in [0.5, 0.6) is 0 Å². The fraction of sp³-hybridized carbons (Fsp3) is 0.300. The van der Waals surface area contributed by atoms with Gasteiger partial charge >= 0.3 is 5.97 Å². The Bertz CT molecular complexity index is 906. The predicted octanol–water partition coefficient (Wildman–Crippen LogP) is 3.62. The molecule has 0 bridgehead atoms. The molecule has 1 aliphatic heterocycles. The normalized spacial score (nSPS) is 13.7. The maximum Gasteiger partial charge on any atom is 0.339 e. The van der Waals surface area contributed by atoms with Crippen molar-refractivity contribution in [1.29, 1.82) is 0 Å². The molecule has 1 N–H and O–H groups in total. The molecule has 0 spiro atoms. The van der Waals surface area contributed by atoms with Crippen LogP contribution in [0.15, 0.2) is 42.5 Å². The SMILES string of the molecule is COC(=O)c1ccccc1NC(=O)c1ccc(N2CCCCC2)c([N+](=O)[O-])c1. The number of nitro groups is 1. The van der Waals surface area contributed by atoms with Crippen LogP contribution < -0.4 is 10.2 Å². The fourth-order valence-electron chi connectivity index (χ4n) is 3.29. The Kier molecular flexibility index (Phi) is 5.88. The Morgan fingerprint density at radius 3 is 2.50 bits per heavy atom. The molecular formula is C20H21N3O5. The molecule has 0 aromatic heterocycles. The molecule has 1 aliphatic rings. The number of carbonyl (C=O) groups excluding carboxylic acids is 2. The van der Waals surface area contributed by atoms with E-state index in [2.05, 4.69) is 5.32 Å². The summed E-state index contributed by atoms with van der Waals surface area (Å²) in [5.41, 5.74) is 1.05. The number of ether oxygens (including phenoxy) is 1. The van der Waals surface area contributed by atoms with E-state index in [0.717, 1.165) is 32.4 Å². The van der Waals surface area contributed by atoms with Gasteiger partial charge in [-0.15, -0.1) is 0 Å². The van der Waals surface area contributed by atoms with E-state index in [1.54, 1.807) is 30.3 Å². The molecule has 8 heteroatoms. The van der Waals surface area contributed by atoms with Gasteiger partial charge < -0.3 is 15.0 Å². The van der Waals surface area contributed by atoms with Crippen molar-refractivity contribution in [3.05, 3.63) is 63.7 Å². The van der Waals surface area contributed by atoms with Crippen molar-refractivity contribution in [3.63, 3.8) is 0 Å². The molecule has 2 aromatic carbocycles. The van der Waals surface area contributed by atoms with Gasteiger partial charge in [0.15, 0.2) is 0 Å². The Morgan fingerprint density at radius 2 is 1.82 bits per heavy atom. The van der Waals surface area contributed by atoms with Crippen LogP contribution in [0.2, 0.25) is 0 Å². The van der Waals surface area contributed by atoms with Crippen LogP contribution in [-0.2, 0) is 4.74 Å². The standard InChI is InChI=1S/C20H21N3O5/c1-28-20(25)15-7-3-4-8-16(15)21-19(24)14-9-10-17(18(13-14)23(26)27)22-11-5-2-6-12-22/h3-4,7-10,13H,2,5-6,11-12H2,1H3,(H,21,24). The van der Waals surface area contributed by atoms with Crippen molar-refractivity contribution in [3.8, 4) is 0 Å². The number of para-hydroxylation sites is 1. The molecule has 1 amide bonds. The molecule has 0 atom stereocenters. The van der Waals surface area contributed by atoms with E-state index in [-0.39, 0.29) is 22.5 Å². The summed E-state index contributed by atoms with van der Waals surface area (Å²) in [7, 11) is 1.25. The predicted molar refractivity (Wildman–Crippen MR) is 105 cm³/mol. The van der Waals surface area contributed by atoms with Gasteiger partial charge in [0, 0.05) is 24.7 Å². The number of esters is 1. The number of anilines is 2. The molecule has 0 radical (unpaired) electrons. The highest BCUT2D eigenvalue weighted by molar-refractivity contribution is 6.08. The Balaban J connectivity index is 1.88. The maximum absolute atomic E-state index is 12.6. The number of hydrogen-bond donors (Lipinski definition) is 1. The van der Waals surface area contributed by atoms with Crippen LogP contribution in [0.4, 0.5) is 17.1 Å². The monoisotopic (exact) mass is 383 g/mol. The largest absolute Gasteiger partial charge is 0.465 e. The van der Waals surface area contributed by atoms with Gasteiger partial charge in [-0.3, -0.25) is 14.9 Å². The number of benzene rings is 2. The lowest BCUT2D eigenvalue weighted by molar-refractivity contribution is -0.384. The lowest BCUT2D eigenvalue weighted by atomic mass is 10.1. The number of nitrogens with one attached hydrogen (secondary N) is 1. The number of piperidine rings is 1. The minimum atomic E-state index is -0.581. The van der Waals surface area contributed by atoms with E-state index in [0.29, 0.717) is 5.69 Å². The molecule has 0 unspecified atom stereocenters. The highest BCUT2D eigenvalue weighted by Gasteiger charge is 2.23. The van der Waals surface area contributed by atoms with Crippen molar-refractivity contribution < 1.29 is 19.2 Å². The molecule has 1 saturated heterocycles. The van der Waals surface area contributed by atoms with E-state index in [1.165, 1.54) is 19.2 Å². The summed E-state index contributed by atoms with van der Waals surface area (Å²) in [6.07, 6.45) is 3.10. The van der Waals surface area contributed by atoms with Crippen molar-refractivity contribution in [2.45, 2.75) is 19.3 Å². The van der Waals surface area contributed by atoms with Crippen LogP contribution in [0.3, 0.4) is 0 Å². The highest BCUT2D eigenvalue weighted by Crippen LogP contribution is 2.31. The second-order valence-corrected chi connectivity index (χ2v) is 6.50. The first-order valence-electron chi connectivity index (χ1n) is 9.03. The maximum atomic E-state index is 12.6. The van der Waals surface area contributed by atoms with Crippen LogP contribution in [-0.4, -0.2) is 37.0 Å². The van der Waals surface area contributed by atoms with Crippen LogP contribution in [0, 0.1) is 10.1 Å². The number of nitro benzene ring substituents is 1. The Labute approximate surface area is 162 Å². The summed E-state index contributed by atoms with van der Waals surface area (Å²) in [6.45, 7) is 1.53. The summed E-state index contributed by atoms with van der Waals surface area (Å²) < 4.78 is 4.71. The second-order valence-electron chi connectivity index (χ2n) is 6.50. The van der Waals surface area contributed by atoms with Crippen LogP contribution >= 0.6 is 0 Å². The molecule has 8 nitrogen and oxygen atoms in total. The fourth-order valence-corrected chi connectivity index (χ4v) is 3.29. The van der Waals surface area contributed by atoms with E-state index in [1.807, 2.05) is 4.90 Å². The first kappa shape index (κ1) is 19.3. The van der Waals surface area contributed by atoms with Gasteiger partial charge in [0.05, 0.1) is 23.3 Å². The molecular weight excluding hydrogens is 362 g/mol. The molecule has 1 fully saturated rings. The average Bonchev–Trinajstić information content (AvgIpc) is 2.73. The second kappa shape index (κ2) is 8.51. The average molecular weight is 383 g/mol. The summed E-state index contributed by atoms with van der Waals surface area (Å²) >= 11 is 0. The minimum Gasteiger partial charge on any atom is -0.465 e. The minimum absolute atomic E-state index is 0.101. The van der Waals surface area contributed by atoms with Crippen molar-refractivity contribution in [2.75, 3.05) is 30.4 Å². The topological polar surface area (TPSA) is 102 Å². The van der Waals surface area contributed by atoms with Gasteiger partial charge in [0.25, 0.3) is 11.6 Å². The third-order valence-electron chi connectivity index (χ3n) is 4.71. The van der Waals surface area contributed by atoms with Crippen molar-refractivity contribution in [1.82, 2.24) is 0 Å². The van der Waals surface area contributed by atoms with Gasteiger partial charge in [0.1, 0.15) is 5.69 Å². The Hall–Kier alpha value is -3.42. The van der Waals surface area contributed by atoms with Crippen molar-refractivity contribution >= 4 is 28.9 Å². The number of rotatable bonds is 5. The third-order valence-corrected chi connectivity index (χ3v) is 4.71. The number of nitrogens with zero attached hydrogens (tertiary/aromatic N) is 2. The molecule has 3 rings (SSSR count). The molecule has 1 heterocycles. The van der Waals surface area contributed by atoms with Gasteiger partial charge in [-0.25, -0.2) is 4.79 Å². The van der Waals surface area contributed by atoms with E-state index in [9.17, 15) is 19.7 Å². The van der Waals surface area contributed by atoms with Gasteiger partial charge in [-0.2, -0.15) is 0 Å². The van der Waals surface area contributed by atoms with Gasteiger partial charge in [-0.05, 0) is 43.5 Å². The third kappa shape index (κ3) is 4.11. The number of methoxy groups -OCH3 is 1. The smallest absolute Gasteiger partial charge is 0.339 e. The van der Waals surface area contributed by atoms with Gasteiger partial charge in [-0.1, -0.05) is 12.1 Å². The number of carbonyl (C=O) groups is 2. The lowest BCUT2D eigenvalue weighted by Gasteiger charge is -2.28. The highest BCUT2D eigenvalue weighted by atomic mass is 16.6. The van der Waals surface area contributed by atoms with E-state index in [4.69, 9.17) is 4.74 Å². The molecule has 28 heavy (non-hydrogen) atoms. The molecule has 0 aliphatic carbocycles. The van der Waals surface area contributed by atoms with Crippen molar-refractivity contribution in [2.24, 2.45) is 0 Å². The quantitative estimate of drug-likeness (QED) is 0.481. The molecule has 146 valence electrons. The Morgan fingerprint density at radius 1 is 1.11 bits per heavy atom. The molecule has 0 saturated carbocycles. The zero-order valence-corrected chi connectivity index (χ0v) is 15.5. The molecule has 2 aromatic rings. The first-order valence-corrected chi connectivity index (χ1v) is 9.03. The lowest BCUT2D eigenvalue weighted by Crippen LogP contribution is -2.30. The van der Waals surface area contributed by atoms with E-state index < -0.39 is 16.8 Å². The number of hydrogen-bond acceptors (Lipinski definition) is 6. The summed E-state index contributed by atoms with van der Waals surface area (Å²) in [5.74, 6) is -1.12. The first-order chi connectivity index (χ1) is 13.5. The summed E-state index contributed by atoms with van der Waals surface area (Å²) in [4.78, 5) is 37.6.